The van der Waals surface area contributed by atoms with E-state index in [9.17, 15) is 4.79 Å². The number of rotatable bonds is 2. The number of anilines is 1. The lowest BCUT2D eigenvalue weighted by Crippen LogP contribution is -2.32. The second kappa shape index (κ2) is 6.85. The molecule has 0 aliphatic carbocycles. The molecule has 1 aliphatic heterocycles. The van der Waals surface area contributed by atoms with Crippen molar-refractivity contribution >= 4 is 16.9 Å². The third-order valence-corrected chi connectivity index (χ3v) is 5.67. The van der Waals surface area contributed by atoms with Gasteiger partial charge in [0.1, 0.15) is 0 Å². The summed E-state index contributed by atoms with van der Waals surface area (Å²) in [6.07, 6.45) is 4.46. The van der Waals surface area contributed by atoms with Gasteiger partial charge < -0.3 is 4.90 Å². The molecule has 1 aliphatic rings. The highest BCUT2D eigenvalue weighted by Crippen LogP contribution is 2.23. The standard InChI is InChI=1S/C24H22N4O/c1-16-7-8-17(2)22(13-16)28-12-10-21-20(23(28)29)14-25-24(26-21)27-11-9-18-5-3-4-6-19(18)15-27/h3-8,10,12-14H,9,11,15H2,1-2H3. The fourth-order valence-corrected chi connectivity index (χ4v) is 4.01. The Hall–Kier alpha value is -3.47. The average molecular weight is 382 g/mol. The van der Waals surface area contributed by atoms with Crippen LogP contribution in [0.4, 0.5) is 5.95 Å². The predicted molar refractivity (Wildman–Crippen MR) is 116 cm³/mol. The van der Waals surface area contributed by atoms with Crippen LogP contribution in [0.15, 0.2) is 65.7 Å². The molecule has 2 aromatic heterocycles. The van der Waals surface area contributed by atoms with Crippen LogP contribution in [0.5, 0.6) is 0 Å². The van der Waals surface area contributed by atoms with E-state index in [4.69, 9.17) is 4.98 Å². The maximum atomic E-state index is 13.1. The summed E-state index contributed by atoms with van der Waals surface area (Å²) in [6, 6.07) is 16.5. The molecule has 144 valence electrons. The molecule has 0 amide bonds. The normalized spacial score (nSPS) is 13.5. The van der Waals surface area contributed by atoms with E-state index < -0.39 is 0 Å². The van der Waals surface area contributed by atoms with Crippen LogP contribution in [0, 0.1) is 13.8 Å². The fourth-order valence-electron chi connectivity index (χ4n) is 4.01. The Bertz CT molecular complexity index is 1290. The summed E-state index contributed by atoms with van der Waals surface area (Å²) in [5.74, 6) is 0.677. The lowest BCUT2D eigenvalue weighted by molar-refractivity contribution is 0.710. The molecular weight excluding hydrogens is 360 g/mol. The number of aromatic nitrogens is 3. The summed E-state index contributed by atoms with van der Waals surface area (Å²) >= 11 is 0. The van der Waals surface area contributed by atoms with E-state index in [2.05, 4.69) is 40.2 Å². The topological polar surface area (TPSA) is 51.0 Å². The van der Waals surface area contributed by atoms with Crippen molar-refractivity contribution < 1.29 is 0 Å². The third-order valence-electron chi connectivity index (χ3n) is 5.67. The van der Waals surface area contributed by atoms with Crippen molar-refractivity contribution in [3.05, 3.63) is 93.5 Å². The van der Waals surface area contributed by atoms with Gasteiger partial charge in [-0.05, 0) is 54.7 Å². The first-order valence-electron chi connectivity index (χ1n) is 9.88. The monoisotopic (exact) mass is 382 g/mol. The summed E-state index contributed by atoms with van der Waals surface area (Å²) < 4.78 is 1.69. The van der Waals surface area contributed by atoms with Gasteiger partial charge in [0.2, 0.25) is 5.95 Å². The summed E-state index contributed by atoms with van der Waals surface area (Å²) in [5, 5.41) is 0.537. The van der Waals surface area contributed by atoms with Gasteiger partial charge in [-0.1, -0.05) is 36.4 Å². The predicted octanol–water partition coefficient (Wildman–Crippen LogP) is 3.96. The molecule has 3 heterocycles. The molecule has 29 heavy (non-hydrogen) atoms. The van der Waals surface area contributed by atoms with Gasteiger partial charge in [0.15, 0.2) is 0 Å². The largest absolute Gasteiger partial charge is 0.336 e. The molecule has 0 fully saturated rings. The minimum Gasteiger partial charge on any atom is -0.336 e. The molecule has 5 rings (SSSR count). The number of benzene rings is 2. The summed E-state index contributed by atoms with van der Waals surface area (Å²) in [6.45, 7) is 5.71. The van der Waals surface area contributed by atoms with Gasteiger partial charge in [0.05, 0.1) is 16.6 Å². The lowest BCUT2D eigenvalue weighted by atomic mass is 10.0. The number of pyridine rings is 1. The van der Waals surface area contributed by atoms with E-state index in [0.29, 0.717) is 16.9 Å². The van der Waals surface area contributed by atoms with Crippen LogP contribution in [0.25, 0.3) is 16.6 Å². The summed E-state index contributed by atoms with van der Waals surface area (Å²) in [7, 11) is 0. The van der Waals surface area contributed by atoms with Crippen LogP contribution >= 0.6 is 0 Å². The van der Waals surface area contributed by atoms with Crippen LogP contribution in [-0.2, 0) is 13.0 Å². The van der Waals surface area contributed by atoms with Crippen LogP contribution in [0.2, 0.25) is 0 Å². The number of hydrogen-bond acceptors (Lipinski definition) is 4. The van der Waals surface area contributed by atoms with E-state index in [-0.39, 0.29) is 5.56 Å². The van der Waals surface area contributed by atoms with Crippen molar-refractivity contribution in [1.82, 2.24) is 14.5 Å². The van der Waals surface area contributed by atoms with Gasteiger partial charge in [0.25, 0.3) is 5.56 Å². The van der Waals surface area contributed by atoms with E-state index >= 15 is 0 Å². The van der Waals surface area contributed by atoms with E-state index in [1.807, 2.05) is 38.2 Å². The zero-order valence-electron chi connectivity index (χ0n) is 16.6. The smallest absolute Gasteiger partial charge is 0.266 e. The molecule has 2 aromatic carbocycles. The van der Waals surface area contributed by atoms with Crippen LogP contribution in [-0.4, -0.2) is 21.1 Å². The van der Waals surface area contributed by atoms with Crippen LogP contribution in [0.1, 0.15) is 22.3 Å². The molecule has 4 aromatic rings. The highest BCUT2D eigenvalue weighted by molar-refractivity contribution is 5.78. The summed E-state index contributed by atoms with van der Waals surface area (Å²) in [5.41, 5.74) is 6.37. The van der Waals surface area contributed by atoms with Crippen molar-refractivity contribution in [1.29, 1.82) is 0 Å². The quantitative estimate of drug-likeness (QED) is 0.527. The molecule has 0 saturated heterocycles. The zero-order valence-corrected chi connectivity index (χ0v) is 16.6. The second-order valence-electron chi connectivity index (χ2n) is 7.69. The number of fused-ring (bicyclic) bond motifs is 2. The highest BCUT2D eigenvalue weighted by atomic mass is 16.1. The molecule has 0 spiro atoms. The van der Waals surface area contributed by atoms with Gasteiger partial charge in [0, 0.05) is 25.5 Å². The van der Waals surface area contributed by atoms with Crippen molar-refractivity contribution in [2.45, 2.75) is 26.8 Å². The Morgan fingerprint density at radius 1 is 1.00 bits per heavy atom. The first kappa shape index (κ1) is 17.6. The maximum absolute atomic E-state index is 13.1. The van der Waals surface area contributed by atoms with Crippen molar-refractivity contribution in [2.24, 2.45) is 0 Å². The second-order valence-corrected chi connectivity index (χ2v) is 7.69. The minimum absolute atomic E-state index is 0.0910. The number of nitrogens with zero attached hydrogens (tertiary/aromatic N) is 4. The molecule has 0 N–H and O–H groups in total. The molecule has 0 saturated carbocycles. The van der Waals surface area contributed by atoms with Crippen molar-refractivity contribution in [3.8, 4) is 5.69 Å². The third kappa shape index (κ3) is 3.09. The number of hydrogen-bond donors (Lipinski definition) is 0. The van der Waals surface area contributed by atoms with Gasteiger partial charge in [-0.2, -0.15) is 0 Å². The van der Waals surface area contributed by atoms with E-state index in [0.717, 1.165) is 36.3 Å². The molecule has 0 bridgehead atoms. The molecule has 5 heteroatoms. The molecular formula is C24H22N4O. The van der Waals surface area contributed by atoms with Crippen molar-refractivity contribution in [2.75, 3.05) is 11.4 Å². The van der Waals surface area contributed by atoms with E-state index in [1.54, 1.807) is 10.8 Å². The lowest BCUT2D eigenvalue weighted by Gasteiger charge is -2.28. The Morgan fingerprint density at radius 3 is 2.69 bits per heavy atom. The Kier molecular flexibility index (Phi) is 4.16. The number of aryl methyl sites for hydroxylation is 2. The zero-order chi connectivity index (χ0) is 20.0. The first-order chi connectivity index (χ1) is 14.1. The highest BCUT2D eigenvalue weighted by Gasteiger charge is 2.19. The first-order valence-corrected chi connectivity index (χ1v) is 9.88. The van der Waals surface area contributed by atoms with Gasteiger partial charge in [-0.15, -0.1) is 0 Å². The summed E-state index contributed by atoms with van der Waals surface area (Å²) in [4.78, 5) is 24.5. The van der Waals surface area contributed by atoms with E-state index in [1.165, 1.54) is 11.1 Å². The van der Waals surface area contributed by atoms with Gasteiger partial charge in [-0.25, -0.2) is 9.97 Å². The van der Waals surface area contributed by atoms with Gasteiger partial charge in [-0.3, -0.25) is 9.36 Å². The fraction of sp³-hybridized carbons (Fsp3) is 0.208. The van der Waals surface area contributed by atoms with Crippen LogP contribution in [0.3, 0.4) is 0 Å². The Balaban J connectivity index is 1.54. The van der Waals surface area contributed by atoms with Gasteiger partial charge >= 0.3 is 0 Å². The molecule has 0 radical (unpaired) electrons. The Morgan fingerprint density at radius 2 is 1.83 bits per heavy atom. The van der Waals surface area contributed by atoms with Crippen molar-refractivity contribution in [3.63, 3.8) is 0 Å². The average Bonchev–Trinajstić information content (AvgIpc) is 2.75. The Labute approximate surface area is 169 Å². The minimum atomic E-state index is -0.0910. The molecule has 0 atom stereocenters. The molecule has 0 unspecified atom stereocenters. The van der Waals surface area contributed by atoms with Crippen LogP contribution < -0.4 is 10.5 Å². The maximum Gasteiger partial charge on any atom is 0.266 e. The SMILES string of the molecule is Cc1ccc(C)c(-n2ccc3nc(N4CCc5ccccc5C4)ncc3c2=O)c1. The molecule has 5 nitrogen and oxygen atoms in total.